The van der Waals surface area contributed by atoms with E-state index in [1.165, 1.54) is 32.1 Å². The highest BCUT2D eigenvalue weighted by Gasteiger charge is 2.39. The van der Waals surface area contributed by atoms with Crippen LogP contribution >= 0.6 is 0 Å². The van der Waals surface area contributed by atoms with Crippen molar-refractivity contribution in [2.45, 2.75) is 57.5 Å². The maximum absolute atomic E-state index is 11.7. The molecule has 1 amide bonds. The van der Waals surface area contributed by atoms with Gasteiger partial charge in [-0.3, -0.25) is 10.1 Å². The molecule has 18 heavy (non-hydrogen) atoms. The SMILES string of the molecule is CCCC1CCN(CC(C)(NC2CC2)C(N)=O)C1. The zero-order valence-electron chi connectivity index (χ0n) is 11.7. The highest BCUT2D eigenvalue weighted by atomic mass is 16.1. The van der Waals surface area contributed by atoms with Crippen molar-refractivity contribution < 1.29 is 4.79 Å². The molecule has 0 spiro atoms. The zero-order valence-corrected chi connectivity index (χ0v) is 11.7. The Kier molecular flexibility index (Phi) is 4.28. The number of carbonyl (C=O) groups excluding carboxylic acids is 1. The lowest BCUT2D eigenvalue weighted by atomic mass is 10.0. The second kappa shape index (κ2) is 5.57. The molecule has 2 aliphatic rings. The first-order valence-corrected chi connectivity index (χ1v) is 7.33. The predicted molar refractivity (Wildman–Crippen MR) is 73.2 cm³/mol. The fourth-order valence-corrected chi connectivity index (χ4v) is 3.02. The molecule has 1 saturated carbocycles. The number of nitrogens with two attached hydrogens (primary N) is 1. The zero-order chi connectivity index (χ0) is 13.2. The molecule has 1 aliphatic carbocycles. The molecule has 2 unspecified atom stereocenters. The second-order valence-corrected chi connectivity index (χ2v) is 6.29. The van der Waals surface area contributed by atoms with E-state index in [0.717, 1.165) is 25.6 Å². The number of hydrogen-bond donors (Lipinski definition) is 2. The number of rotatable bonds is 7. The van der Waals surface area contributed by atoms with Gasteiger partial charge in [-0.05, 0) is 45.1 Å². The summed E-state index contributed by atoms with van der Waals surface area (Å²) in [5, 5.41) is 3.42. The van der Waals surface area contributed by atoms with Gasteiger partial charge in [-0.2, -0.15) is 0 Å². The number of hydrogen-bond acceptors (Lipinski definition) is 3. The molecule has 0 aromatic heterocycles. The lowest BCUT2D eigenvalue weighted by molar-refractivity contribution is -0.124. The van der Waals surface area contributed by atoms with Crippen molar-refractivity contribution in [1.29, 1.82) is 0 Å². The Morgan fingerprint density at radius 2 is 2.17 bits per heavy atom. The van der Waals surface area contributed by atoms with Crippen LogP contribution in [-0.4, -0.2) is 42.0 Å². The molecular weight excluding hydrogens is 226 g/mol. The first-order chi connectivity index (χ1) is 8.53. The second-order valence-electron chi connectivity index (χ2n) is 6.29. The van der Waals surface area contributed by atoms with E-state index in [9.17, 15) is 4.79 Å². The van der Waals surface area contributed by atoms with Gasteiger partial charge in [0.2, 0.25) is 5.91 Å². The molecule has 1 aliphatic heterocycles. The molecule has 104 valence electrons. The fraction of sp³-hybridized carbons (Fsp3) is 0.929. The van der Waals surface area contributed by atoms with Crippen molar-refractivity contribution in [3.63, 3.8) is 0 Å². The normalized spacial score (nSPS) is 28.2. The molecule has 1 saturated heterocycles. The van der Waals surface area contributed by atoms with Crippen molar-refractivity contribution in [3.8, 4) is 0 Å². The first-order valence-electron chi connectivity index (χ1n) is 7.33. The quantitative estimate of drug-likeness (QED) is 0.714. The van der Waals surface area contributed by atoms with E-state index in [-0.39, 0.29) is 5.91 Å². The lowest BCUT2D eigenvalue weighted by Crippen LogP contribution is -2.60. The molecule has 0 radical (unpaired) electrons. The van der Waals surface area contributed by atoms with Gasteiger partial charge in [0.05, 0.1) is 0 Å². The summed E-state index contributed by atoms with van der Waals surface area (Å²) in [7, 11) is 0. The van der Waals surface area contributed by atoms with E-state index in [4.69, 9.17) is 5.73 Å². The summed E-state index contributed by atoms with van der Waals surface area (Å²) >= 11 is 0. The Labute approximate surface area is 110 Å². The number of amides is 1. The molecule has 0 aromatic carbocycles. The number of nitrogens with one attached hydrogen (secondary N) is 1. The van der Waals surface area contributed by atoms with Crippen LogP contribution in [0, 0.1) is 5.92 Å². The van der Waals surface area contributed by atoms with Crippen LogP contribution in [0.5, 0.6) is 0 Å². The van der Waals surface area contributed by atoms with Crippen LogP contribution < -0.4 is 11.1 Å². The Hall–Kier alpha value is -0.610. The topological polar surface area (TPSA) is 58.4 Å². The van der Waals surface area contributed by atoms with Gasteiger partial charge in [0, 0.05) is 19.1 Å². The average Bonchev–Trinajstić information content (AvgIpc) is 2.99. The first kappa shape index (κ1) is 13.8. The summed E-state index contributed by atoms with van der Waals surface area (Å²) in [5.41, 5.74) is 5.04. The Morgan fingerprint density at radius 1 is 1.44 bits per heavy atom. The van der Waals surface area contributed by atoms with Gasteiger partial charge in [-0.15, -0.1) is 0 Å². The highest BCUT2D eigenvalue weighted by Crippen LogP contribution is 2.26. The smallest absolute Gasteiger partial charge is 0.238 e. The van der Waals surface area contributed by atoms with E-state index in [1.807, 2.05) is 6.92 Å². The average molecular weight is 253 g/mol. The van der Waals surface area contributed by atoms with Gasteiger partial charge in [-0.1, -0.05) is 13.3 Å². The van der Waals surface area contributed by atoms with Crippen molar-refractivity contribution >= 4 is 5.91 Å². The molecule has 2 rings (SSSR count). The van der Waals surface area contributed by atoms with Crippen molar-refractivity contribution in [2.24, 2.45) is 11.7 Å². The minimum absolute atomic E-state index is 0.214. The molecule has 2 atom stereocenters. The van der Waals surface area contributed by atoms with E-state index >= 15 is 0 Å². The van der Waals surface area contributed by atoms with E-state index in [0.29, 0.717) is 6.04 Å². The van der Waals surface area contributed by atoms with E-state index < -0.39 is 5.54 Å². The van der Waals surface area contributed by atoms with Gasteiger partial charge >= 0.3 is 0 Å². The maximum Gasteiger partial charge on any atom is 0.238 e. The van der Waals surface area contributed by atoms with Crippen molar-refractivity contribution in [1.82, 2.24) is 10.2 Å². The van der Waals surface area contributed by atoms with Gasteiger partial charge in [0.1, 0.15) is 5.54 Å². The number of nitrogens with zero attached hydrogens (tertiary/aromatic N) is 1. The summed E-state index contributed by atoms with van der Waals surface area (Å²) in [6, 6.07) is 0.511. The Bertz CT molecular complexity index is 303. The van der Waals surface area contributed by atoms with Crippen LogP contribution in [0.2, 0.25) is 0 Å². The van der Waals surface area contributed by atoms with Crippen molar-refractivity contribution in [2.75, 3.05) is 19.6 Å². The molecule has 0 aromatic rings. The Balaban J connectivity index is 1.87. The molecule has 4 nitrogen and oxygen atoms in total. The minimum Gasteiger partial charge on any atom is -0.368 e. The monoisotopic (exact) mass is 253 g/mol. The third kappa shape index (κ3) is 3.45. The third-order valence-electron chi connectivity index (χ3n) is 4.25. The summed E-state index contributed by atoms with van der Waals surface area (Å²) in [6.07, 6.45) is 6.19. The van der Waals surface area contributed by atoms with Crippen LogP contribution in [-0.2, 0) is 4.79 Å². The molecular formula is C14H27N3O. The van der Waals surface area contributed by atoms with Crippen LogP contribution in [0.4, 0.5) is 0 Å². The largest absolute Gasteiger partial charge is 0.368 e. The van der Waals surface area contributed by atoms with Crippen molar-refractivity contribution in [3.05, 3.63) is 0 Å². The summed E-state index contributed by atoms with van der Waals surface area (Å²) < 4.78 is 0. The predicted octanol–water partition coefficient (Wildman–Crippen LogP) is 1.10. The van der Waals surface area contributed by atoms with E-state index in [2.05, 4.69) is 17.1 Å². The molecule has 4 heteroatoms. The molecule has 1 heterocycles. The third-order valence-corrected chi connectivity index (χ3v) is 4.25. The van der Waals surface area contributed by atoms with Gasteiger partial charge in [-0.25, -0.2) is 0 Å². The molecule has 3 N–H and O–H groups in total. The van der Waals surface area contributed by atoms with Crippen LogP contribution in [0.15, 0.2) is 0 Å². The molecule has 2 fully saturated rings. The number of carbonyl (C=O) groups is 1. The van der Waals surface area contributed by atoms with Crippen LogP contribution in [0.1, 0.15) is 46.0 Å². The summed E-state index contributed by atoms with van der Waals surface area (Å²) in [5.74, 6) is 0.599. The summed E-state index contributed by atoms with van der Waals surface area (Å²) in [6.45, 7) is 7.20. The molecule has 0 bridgehead atoms. The fourth-order valence-electron chi connectivity index (χ4n) is 3.02. The van der Waals surface area contributed by atoms with Crippen LogP contribution in [0.25, 0.3) is 0 Å². The van der Waals surface area contributed by atoms with Gasteiger partial charge < -0.3 is 10.6 Å². The number of likely N-dealkylation sites (tertiary alicyclic amines) is 1. The number of primary amides is 1. The van der Waals surface area contributed by atoms with E-state index in [1.54, 1.807) is 0 Å². The summed E-state index contributed by atoms with van der Waals surface area (Å²) in [4.78, 5) is 14.1. The Morgan fingerprint density at radius 3 is 2.72 bits per heavy atom. The van der Waals surface area contributed by atoms with Gasteiger partial charge in [0.25, 0.3) is 0 Å². The lowest BCUT2D eigenvalue weighted by Gasteiger charge is -2.32. The van der Waals surface area contributed by atoms with Gasteiger partial charge in [0.15, 0.2) is 0 Å². The standard InChI is InChI=1S/C14H27N3O/c1-3-4-11-7-8-17(9-11)10-14(2,13(15)18)16-12-5-6-12/h11-12,16H,3-10H2,1-2H3,(H2,15,18). The maximum atomic E-state index is 11.7. The minimum atomic E-state index is -0.553. The van der Waals surface area contributed by atoms with Crippen LogP contribution in [0.3, 0.4) is 0 Å². The highest BCUT2D eigenvalue weighted by molar-refractivity contribution is 5.84.